The molecule has 1 saturated heterocycles. The number of methoxy groups -OCH3 is 1. The van der Waals surface area contributed by atoms with Gasteiger partial charge in [-0.1, -0.05) is 72.8 Å². The SMILES string of the molecule is COc1ccccc1N1CCN(S(=O)(=O)CCNC(=O)CC(c2ccccc2)c2ccccc2)CC1. The number of nitrogens with zero attached hydrogens (tertiary/aromatic N) is 2. The molecule has 0 bridgehead atoms. The molecule has 1 fully saturated rings. The third kappa shape index (κ3) is 6.44. The summed E-state index contributed by atoms with van der Waals surface area (Å²) >= 11 is 0. The van der Waals surface area contributed by atoms with Crippen molar-refractivity contribution in [3.05, 3.63) is 96.1 Å². The molecule has 1 aliphatic rings. The van der Waals surface area contributed by atoms with Crippen LogP contribution in [0.1, 0.15) is 23.5 Å². The van der Waals surface area contributed by atoms with Gasteiger partial charge in [0.05, 0.1) is 18.6 Å². The third-order valence-corrected chi connectivity index (χ3v) is 8.41. The van der Waals surface area contributed by atoms with E-state index in [4.69, 9.17) is 4.74 Å². The summed E-state index contributed by atoms with van der Waals surface area (Å²) in [6.07, 6.45) is 0.256. The fourth-order valence-electron chi connectivity index (χ4n) is 4.60. The van der Waals surface area contributed by atoms with Gasteiger partial charge in [-0.05, 0) is 23.3 Å². The zero-order valence-corrected chi connectivity index (χ0v) is 21.4. The fraction of sp³-hybridized carbons (Fsp3) is 0.321. The lowest BCUT2D eigenvalue weighted by Crippen LogP contribution is -2.50. The molecule has 0 spiro atoms. The van der Waals surface area contributed by atoms with Gasteiger partial charge in [0.1, 0.15) is 5.75 Å². The quantitative estimate of drug-likeness (QED) is 0.455. The van der Waals surface area contributed by atoms with Crippen molar-refractivity contribution in [2.45, 2.75) is 12.3 Å². The number of anilines is 1. The van der Waals surface area contributed by atoms with E-state index >= 15 is 0 Å². The van der Waals surface area contributed by atoms with Crippen molar-refractivity contribution >= 4 is 21.6 Å². The number of hydrogen-bond acceptors (Lipinski definition) is 5. The zero-order valence-electron chi connectivity index (χ0n) is 20.5. The van der Waals surface area contributed by atoms with E-state index in [1.165, 1.54) is 4.31 Å². The van der Waals surface area contributed by atoms with Crippen molar-refractivity contribution in [3.8, 4) is 5.75 Å². The van der Waals surface area contributed by atoms with Crippen molar-refractivity contribution in [3.63, 3.8) is 0 Å². The molecule has 1 amide bonds. The Morgan fingerprint density at radius 1 is 0.861 bits per heavy atom. The van der Waals surface area contributed by atoms with Crippen molar-refractivity contribution in [2.75, 3.05) is 50.5 Å². The Morgan fingerprint density at radius 3 is 2.00 bits per heavy atom. The number of sulfonamides is 1. The van der Waals surface area contributed by atoms with E-state index in [0.29, 0.717) is 26.2 Å². The second kappa shape index (κ2) is 12.1. The van der Waals surface area contributed by atoms with E-state index < -0.39 is 10.0 Å². The van der Waals surface area contributed by atoms with Gasteiger partial charge < -0.3 is 15.0 Å². The average molecular weight is 508 g/mol. The van der Waals surface area contributed by atoms with E-state index in [1.807, 2.05) is 84.9 Å². The van der Waals surface area contributed by atoms with Gasteiger partial charge in [0.25, 0.3) is 0 Å². The number of carbonyl (C=O) groups excluding carboxylic acids is 1. The normalized spacial score (nSPS) is 14.6. The van der Waals surface area contributed by atoms with Crippen LogP contribution in [0, 0.1) is 0 Å². The highest BCUT2D eigenvalue weighted by Gasteiger charge is 2.28. The van der Waals surface area contributed by atoms with Crippen LogP contribution in [0.3, 0.4) is 0 Å². The van der Waals surface area contributed by atoms with Crippen molar-refractivity contribution in [1.29, 1.82) is 0 Å². The van der Waals surface area contributed by atoms with Crippen LogP contribution in [0.25, 0.3) is 0 Å². The number of rotatable bonds is 10. The molecule has 0 radical (unpaired) electrons. The van der Waals surface area contributed by atoms with E-state index in [0.717, 1.165) is 22.6 Å². The van der Waals surface area contributed by atoms with Crippen molar-refractivity contribution in [1.82, 2.24) is 9.62 Å². The van der Waals surface area contributed by atoms with Crippen LogP contribution in [-0.2, 0) is 14.8 Å². The average Bonchev–Trinajstić information content (AvgIpc) is 2.92. The molecule has 0 atom stereocenters. The molecular weight excluding hydrogens is 474 g/mol. The lowest BCUT2D eigenvalue weighted by molar-refractivity contribution is -0.121. The first kappa shape index (κ1) is 25.7. The summed E-state index contributed by atoms with van der Waals surface area (Å²) < 4.78 is 32.8. The summed E-state index contributed by atoms with van der Waals surface area (Å²) in [5, 5.41) is 2.83. The lowest BCUT2D eigenvalue weighted by Gasteiger charge is -2.36. The highest BCUT2D eigenvalue weighted by atomic mass is 32.2. The maximum Gasteiger partial charge on any atom is 0.220 e. The number of benzene rings is 3. The first-order valence-corrected chi connectivity index (χ1v) is 13.8. The van der Waals surface area contributed by atoms with Gasteiger partial charge >= 0.3 is 0 Å². The van der Waals surface area contributed by atoms with Crippen LogP contribution in [-0.4, -0.2) is 64.2 Å². The Labute approximate surface area is 213 Å². The smallest absolute Gasteiger partial charge is 0.220 e. The molecular formula is C28H33N3O4S. The fourth-order valence-corrected chi connectivity index (χ4v) is 5.94. The summed E-state index contributed by atoms with van der Waals surface area (Å²) in [7, 11) is -1.84. The third-order valence-electron chi connectivity index (χ3n) is 6.53. The molecule has 1 aliphatic heterocycles. The van der Waals surface area contributed by atoms with Crippen LogP contribution in [0.5, 0.6) is 5.75 Å². The summed E-state index contributed by atoms with van der Waals surface area (Å²) in [5.74, 6) is 0.408. The first-order chi connectivity index (χ1) is 17.5. The Bertz CT molecular complexity index is 1190. The number of nitrogens with one attached hydrogen (secondary N) is 1. The Kier molecular flexibility index (Phi) is 8.61. The molecule has 3 aromatic rings. The predicted molar refractivity (Wildman–Crippen MR) is 143 cm³/mol. The molecule has 1 N–H and O–H groups in total. The van der Waals surface area contributed by atoms with Crippen LogP contribution < -0.4 is 15.0 Å². The van der Waals surface area contributed by atoms with E-state index in [2.05, 4.69) is 10.2 Å². The lowest BCUT2D eigenvalue weighted by atomic mass is 9.88. The molecule has 0 aromatic heterocycles. The Morgan fingerprint density at radius 2 is 1.42 bits per heavy atom. The number of amides is 1. The summed E-state index contributed by atoms with van der Waals surface area (Å²) in [4.78, 5) is 14.9. The molecule has 1 heterocycles. The van der Waals surface area contributed by atoms with Crippen molar-refractivity contribution < 1.29 is 17.9 Å². The van der Waals surface area contributed by atoms with Gasteiger partial charge in [-0.2, -0.15) is 4.31 Å². The second-order valence-electron chi connectivity index (χ2n) is 8.80. The number of para-hydroxylation sites is 2. The zero-order chi connectivity index (χ0) is 25.4. The molecule has 0 unspecified atom stereocenters. The molecule has 4 rings (SSSR count). The van der Waals surface area contributed by atoms with Gasteiger partial charge in [-0.25, -0.2) is 8.42 Å². The van der Waals surface area contributed by atoms with Gasteiger partial charge in [0, 0.05) is 45.1 Å². The molecule has 0 aliphatic carbocycles. The standard InChI is InChI=1S/C28H33N3O4S/c1-35-27-15-9-8-14-26(27)30-17-19-31(20-18-30)36(33,34)21-16-29-28(32)22-25(23-10-4-2-5-11-23)24-12-6-3-7-13-24/h2-15,25H,16-22H2,1H3,(H,29,32). The van der Waals surface area contributed by atoms with Crippen molar-refractivity contribution in [2.24, 2.45) is 0 Å². The maximum absolute atomic E-state index is 12.9. The summed E-state index contributed by atoms with van der Waals surface area (Å²) in [6.45, 7) is 2.06. The molecule has 8 heteroatoms. The van der Waals surface area contributed by atoms with Gasteiger partial charge in [0.15, 0.2) is 0 Å². The van der Waals surface area contributed by atoms with Gasteiger partial charge in [-0.3, -0.25) is 4.79 Å². The van der Waals surface area contributed by atoms with Crippen LogP contribution in [0.2, 0.25) is 0 Å². The number of hydrogen-bond donors (Lipinski definition) is 1. The van der Waals surface area contributed by atoms with Crippen LogP contribution in [0.15, 0.2) is 84.9 Å². The van der Waals surface area contributed by atoms with E-state index in [1.54, 1.807) is 7.11 Å². The summed E-state index contributed by atoms with van der Waals surface area (Å²) in [6, 6.07) is 27.6. The van der Waals surface area contributed by atoms with E-state index in [9.17, 15) is 13.2 Å². The monoisotopic (exact) mass is 507 g/mol. The second-order valence-corrected chi connectivity index (χ2v) is 10.9. The van der Waals surface area contributed by atoms with Gasteiger partial charge in [0.2, 0.25) is 15.9 Å². The predicted octanol–water partition coefficient (Wildman–Crippen LogP) is 3.49. The van der Waals surface area contributed by atoms with Crippen LogP contribution in [0.4, 0.5) is 5.69 Å². The number of ether oxygens (including phenoxy) is 1. The van der Waals surface area contributed by atoms with Crippen LogP contribution >= 0.6 is 0 Å². The minimum absolute atomic E-state index is 0.0875. The molecule has 36 heavy (non-hydrogen) atoms. The van der Waals surface area contributed by atoms with E-state index in [-0.39, 0.29) is 30.5 Å². The Hall–Kier alpha value is -3.36. The number of piperazine rings is 1. The molecule has 0 saturated carbocycles. The summed E-state index contributed by atoms with van der Waals surface area (Å²) in [5.41, 5.74) is 3.08. The topological polar surface area (TPSA) is 79.0 Å². The molecule has 7 nitrogen and oxygen atoms in total. The molecule has 3 aromatic carbocycles. The maximum atomic E-state index is 12.9. The highest BCUT2D eigenvalue weighted by molar-refractivity contribution is 7.89. The first-order valence-electron chi connectivity index (χ1n) is 12.2. The highest BCUT2D eigenvalue weighted by Crippen LogP contribution is 2.29. The largest absolute Gasteiger partial charge is 0.495 e. The van der Waals surface area contributed by atoms with Gasteiger partial charge in [-0.15, -0.1) is 0 Å². The minimum atomic E-state index is -3.47. The molecule has 190 valence electrons. The minimum Gasteiger partial charge on any atom is -0.495 e. The Balaban J connectivity index is 1.29. The number of carbonyl (C=O) groups is 1.